The number of aromatic hydroxyl groups is 4. The molecule has 0 amide bonds. The summed E-state index contributed by atoms with van der Waals surface area (Å²) < 4.78 is 11.3. The van der Waals surface area contributed by atoms with E-state index < -0.39 is 24.2 Å². The maximum absolute atomic E-state index is 13.0. The van der Waals surface area contributed by atoms with Gasteiger partial charge in [0.25, 0.3) is 0 Å². The van der Waals surface area contributed by atoms with Crippen LogP contribution in [0.3, 0.4) is 0 Å². The molecule has 0 saturated carbocycles. The molecule has 3 aliphatic heterocycles. The predicted molar refractivity (Wildman–Crippen MR) is 167 cm³/mol. The zero-order valence-corrected chi connectivity index (χ0v) is 24.9. The minimum absolute atomic E-state index is 0.0120. The van der Waals surface area contributed by atoms with Gasteiger partial charge in [0.1, 0.15) is 23.4 Å². The maximum Gasteiger partial charge on any atom is 0.338 e. The lowest BCUT2D eigenvalue weighted by molar-refractivity contribution is 0.0194. The highest BCUT2D eigenvalue weighted by atomic mass is 16.5. The van der Waals surface area contributed by atoms with E-state index in [1.165, 1.54) is 36.9 Å². The van der Waals surface area contributed by atoms with Gasteiger partial charge in [0.15, 0.2) is 11.5 Å². The molecule has 0 bridgehead atoms. The van der Waals surface area contributed by atoms with Gasteiger partial charge in [-0.1, -0.05) is 36.4 Å². The van der Waals surface area contributed by atoms with E-state index in [0.29, 0.717) is 29.7 Å². The molecule has 0 radical (unpaired) electrons. The standard InChI is InChI=1S/C36H32N2O8/c1-45-36(44)21-7-4-6-20-22(21)14-25-32-19(18-5-2-3-8-24(18)37-32)11-12-38(25)33(20)31-28(41)16-30-23(34(31)43)15-29(42)35(46-30)17-9-10-26(39)27(40)13-17/h2-10,13,16,25,29,33,35,37,39-43H,11-12,14-15H2,1H3/t25-,29-,33+,35+/m0/s1. The average molecular weight is 621 g/mol. The zero-order chi connectivity index (χ0) is 31.9. The van der Waals surface area contributed by atoms with Gasteiger partial charge in [0, 0.05) is 41.2 Å². The number of ether oxygens (including phenoxy) is 2. The third kappa shape index (κ3) is 4.14. The van der Waals surface area contributed by atoms with Crippen LogP contribution in [0.15, 0.2) is 66.7 Å². The van der Waals surface area contributed by atoms with Gasteiger partial charge in [-0.25, -0.2) is 4.79 Å². The Balaban J connectivity index is 1.28. The monoisotopic (exact) mass is 620 g/mol. The fourth-order valence-electron chi connectivity index (χ4n) is 7.75. The summed E-state index contributed by atoms with van der Waals surface area (Å²) in [5.41, 5.74) is 6.32. The number of aromatic amines is 1. The summed E-state index contributed by atoms with van der Waals surface area (Å²) in [7, 11) is 1.35. The Morgan fingerprint density at radius 2 is 1.74 bits per heavy atom. The number of hydrogen-bond acceptors (Lipinski definition) is 9. The number of H-pyrrole nitrogens is 1. The van der Waals surface area contributed by atoms with Crippen LogP contribution < -0.4 is 4.74 Å². The molecule has 3 aliphatic rings. The van der Waals surface area contributed by atoms with Crippen molar-refractivity contribution in [3.8, 4) is 28.7 Å². The van der Waals surface area contributed by atoms with Crippen LogP contribution in [0.1, 0.15) is 67.6 Å². The Bertz CT molecular complexity index is 2050. The van der Waals surface area contributed by atoms with Crippen LogP contribution in [0.5, 0.6) is 28.7 Å². The van der Waals surface area contributed by atoms with Crippen LogP contribution in [0.25, 0.3) is 10.9 Å². The molecule has 0 fully saturated rings. The van der Waals surface area contributed by atoms with E-state index in [9.17, 15) is 30.3 Å². The molecular formula is C36H32N2O8. The van der Waals surface area contributed by atoms with Crippen LogP contribution in [0, 0.1) is 0 Å². The molecule has 4 aromatic carbocycles. The Morgan fingerprint density at radius 1 is 0.913 bits per heavy atom. The van der Waals surface area contributed by atoms with Crippen LogP contribution in [0.2, 0.25) is 0 Å². The van der Waals surface area contributed by atoms with Gasteiger partial charge in [-0.05, 0) is 59.4 Å². The number of nitrogens with zero attached hydrogens (tertiary/aromatic N) is 1. The first-order valence-corrected chi connectivity index (χ1v) is 15.2. The number of phenolic OH excluding ortho intramolecular Hbond substituents is 4. The topological polar surface area (TPSA) is 156 Å². The molecule has 0 unspecified atom stereocenters. The van der Waals surface area contributed by atoms with Crippen molar-refractivity contribution in [2.45, 2.75) is 43.6 Å². The quantitative estimate of drug-likeness (QED) is 0.120. The van der Waals surface area contributed by atoms with Crippen molar-refractivity contribution in [3.05, 3.63) is 111 Å². The van der Waals surface area contributed by atoms with Gasteiger partial charge in [-0.2, -0.15) is 0 Å². The highest BCUT2D eigenvalue weighted by molar-refractivity contribution is 5.92. The number of para-hydroxylation sites is 1. The molecule has 4 atom stereocenters. The summed E-state index contributed by atoms with van der Waals surface area (Å²) in [6.45, 7) is 0.633. The smallest absolute Gasteiger partial charge is 0.338 e. The van der Waals surface area contributed by atoms with Crippen molar-refractivity contribution in [1.82, 2.24) is 9.88 Å². The highest BCUT2D eigenvalue weighted by Gasteiger charge is 2.45. The van der Waals surface area contributed by atoms with Crippen molar-refractivity contribution in [2.75, 3.05) is 13.7 Å². The first kappa shape index (κ1) is 28.3. The van der Waals surface area contributed by atoms with Crippen LogP contribution in [-0.2, 0) is 24.0 Å². The third-order valence-corrected chi connectivity index (χ3v) is 9.84. The number of carbonyl (C=O) groups is 1. The highest BCUT2D eigenvalue weighted by Crippen LogP contribution is 2.54. The number of rotatable bonds is 3. The van der Waals surface area contributed by atoms with E-state index in [2.05, 4.69) is 16.0 Å². The summed E-state index contributed by atoms with van der Waals surface area (Å²) in [6, 6.07) is 18.4. The number of aliphatic hydroxyl groups is 1. The van der Waals surface area contributed by atoms with Gasteiger partial charge < -0.3 is 40.0 Å². The molecule has 6 N–H and O–H groups in total. The van der Waals surface area contributed by atoms with Gasteiger partial charge >= 0.3 is 5.97 Å². The molecule has 4 heterocycles. The molecule has 8 rings (SSSR count). The molecular weight excluding hydrogens is 588 g/mol. The lowest BCUT2D eigenvalue weighted by atomic mass is 9.78. The van der Waals surface area contributed by atoms with E-state index in [1.807, 2.05) is 24.3 Å². The zero-order valence-electron chi connectivity index (χ0n) is 24.9. The van der Waals surface area contributed by atoms with Crippen molar-refractivity contribution in [2.24, 2.45) is 0 Å². The number of methoxy groups -OCH3 is 1. The van der Waals surface area contributed by atoms with Crippen LogP contribution in [0.4, 0.5) is 0 Å². The second-order valence-electron chi connectivity index (χ2n) is 12.2. The summed E-state index contributed by atoms with van der Waals surface area (Å²) in [6.07, 6.45) is -0.729. The van der Waals surface area contributed by atoms with E-state index >= 15 is 0 Å². The van der Waals surface area contributed by atoms with E-state index in [0.717, 1.165) is 34.1 Å². The van der Waals surface area contributed by atoms with Gasteiger partial charge in [-0.3, -0.25) is 4.90 Å². The minimum Gasteiger partial charge on any atom is -0.507 e. The normalized spacial score (nSPS) is 21.9. The van der Waals surface area contributed by atoms with E-state index in [4.69, 9.17) is 9.47 Å². The Hall–Kier alpha value is -5.19. The SMILES string of the molecule is COC(=O)c1cccc2c1C[C@H]1c3[nH]c4ccccc4c3CCN1[C@H]2c1c(O)cc2c(c1O)C[C@H](O)[C@@H](c1ccc(O)c(O)c1)O2. The minimum atomic E-state index is -1.10. The number of carbonyl (C=O) groups excluding carboxylic acids is 1. The van der Waals surface area contributed by atoms with Gasteiger partial charge in [0.05, 0.1) is 36.4 Å². The molecule has 0 aliphatic carbocycles. The van der Waals surface area contributed by atoms with Crippen molar-refractivity contribution < 1.29 is 39.8 Å². The fourth-order valence-corrected chi connectivity index (χ4v) is 7.75. The third-order valence-electron chi connectivity index (χ3n) is 9.84. The van der Waals surface area contributed by atoms with Crippen LogP contribution in [-0.4, -0.2) is 61.1 Å². The largest absolute Gasteiger partial charge is 0.507 e. The van der Waals surface area contributed by atoms with E-state index in [-0.39, 0.29) is 46.8 Å². The van der Waals surface area contributed by atoms with Crippen molar-refractivity contribution in [1.29, 1.82) is 0 Å². The number of hydrogen-bond donors (Lipinski definition) is 6. The summed E-state index contributed by atoms with van der Waals surface area (Å²) >= 11 is 0. The molecule has 234 valence electrons. The number of nitrogens with one attached hydrogen (secondary N) is 1. The van der Waals surface area contributed by atoms with Crippen LogP contribution >= 0.6 is 0 Å². The summed E-state index contributed by atoms with van der Waals surface area (Å²) in [5.74, 6) is -1.29. The van der Waals surface area contributed by atoms with Crippen molar-refractivity contribution in [3.63, 3.8) is 0 Å². The molecule has 10 heteroatoms. The molecule has 0 saturated heterocycles. The maximum atomic E-state index is 13.0. The Kier molecular flexibility index (Phi) is 6.42. The van der Waals surface area contributed by atoms with E-state index in [1.54, 1.807) is 12.1 Å². The Labute approximate surface area is 263 Å². The fraction of sp³-hybridized carbons (Fsp3) is 0.250. The second-order valence-corrected chi connectivity index (χ2v) is 12.2. The van der Waals surface area contributed by atoms with Gasteiger partial charge in [0.2, 0.25) is 0 Å². The predicted octanol–water partition coefficient (Wildman–Crippen LogP) is 5.06. The lowest BCUT2D eigenvalue weighted by Gasteiger charge is -2.46. The Morgan fingerprint density at radius 3 is 2.54 bits per heavy atom. The first-order chi connectivity index (χ1) is 22.2. The molecule has 46 heavy (non-hydrogen) atoms. The molecule has 1 aromatic heterocycles. The molecule has 5 aromatic rings. The first-order valence-electron chi connectivity index (χ1n) is 15.2. The number of aliphatic hydroxyl groups excluding tert-OH is 1. The lowest BCUT2D eigenvalue weighted by Crippen LogP contribution is -2.43. The number of esters is 1. The number of fused-ring (bicyclic) bond motifs is 7. The summed E-state index contributed by atoms with van der Waals surface area (Å²) in [5, 5.41) is 55.7. The molecule has 10 nitrogen and oxygen atoms in total. The molecule has 0 spiro atoms. The van der Waals surface area contributed by atoms with Crippen molar-refractivity contribution >= 4 is 16.9 Å². The number of phenols is 4. The van der Waals surface area contributed by atoms with Gasteiger partial charge in [-0.15, -0.1) is 0 Å². The number of benzene rings is 4. The second kappa shape index (κ2) is 10.4. The number of aromatic nitrogens is 1. The summed E-state index contributed by atoms with van der Waals surface area (Å²) in [4.78, 5) is 18.9. The average Bonchev–Trinajstić information content (AvgIpc) is 3.44.